The lowest BCUT2D eigenvalue weighted by molar-refractivity contribution is -0.121. The summed E-state index contributed by atoms with van der Waals surface area (Å²) in [6, 6.07) is 10.9. The first-order chi connectivity index (χ1) is 12.7. The summed E-state index contributed by atoms with van der Waals surface area (Å²) in [6.45, 7) is 5.21. The van der Waals surface area contributed by atoms with Crippen LogP contribution in [0.1, 0.15) is 69.9 Å². The van der Waals surface area contributed by atoms with Gasteiger partial charge in [0.05, 0.1) is 0 Å². The van der Waals surface area contributed by atoms with Gasteiger partial charge in [0.2, 0.25) is 5.91 Å². The van der Waals surface area contributed by atoms with Crippen molar-refractivity contribution in [3.8, 4) is 0 Å². The van der Waals surface area contributed by atoms with Crippen molar-refractivity contribution in [2.24, 2.45) is 5.92 Å². The van der Waals surface area contributed by atoms with Gasteiger partial charge in [0.15, 0.2) is 0 Å². The van der Waals surface area contributed by atoms with Crippen molar-refractivity contribution in [2.45, 2.75) is 69.9 Å². The molecule has 1 unspecified atom stereocenters. The van der Waals surface area contributed by atoms with E-state index < -0.39 is 0 Å². The Labute approximate surface area is 182 Å². The number of carbonyl (C=O) groups excluding carboxylic acids is 1. The zero-order valence-electron chi connectivity index (χ0n) is 17.0. The molecule has 160 valence electrons. The monoisotopic (exact) mass is 429 g/mol. The molecule has 6 heteroatoms. The van der Waals surface area contributed by atoms with Gasteiger partial charge in [-0.1, -0.05) is 43.2 Å². The van der Waals surface area contributed by atoms with E-state index in [1.165, 1.54) is 31.2 Å². The van der Waals surface area contributed by atoms with Crippen LogP contribution in [0.5, 0.6) is 0 Å². The second-order valence-corrected chi connectivity index (χ2v) is 8.27. The number of halogens is 2. The fourth-order valence-corrected chi connectivity index (χ4v) is 4.57. The van der Waals surface area contributed by atoms with Crippen molar-refractivity contribution >= 4 is 30.7 Å². The molecular formula is C22H37Cl2N3O. The molecule has 1 atom stereocenters. The average Bonchev–Trinajstić information content (AvgIpc) is 3.15. The average molecular weight is 430 g/mol. The number of carbonyl (C=O) groups is 1. The molecule has 2 aliphatic rings. The first-order valence-corrected chi connectivity index (χ1v) is 10.5. The largest absolute Gasteiger partial charge is 0.354 e. The van der Waals surface area contributed by atoms with E-state index in [9.17, 15) is 4.79 Å². The fourth-order valence-electron chi connectivity index (χ4n) is 4.57. The van der Waals surface area contributed by atoms with Crippen molar-refractivity contribution in [2.75, 3.05) is 19.6 Å². The van der Waals surface area contributed by atoms with Crippen molar-refractivity contribution < 1.29 is 4.79 Å². The van der Waals surface area contributed by atoms with Crippen molar-refractivity contribution in [3.63, 3.8) is 0 Å². The summed E-state index contributed by atoms with van der Waals surface area (Å²) >= 11 is 0. The summed E-state index contributed by atoms with van der Waals surface area (Å²) < 4.78 is 0. The molecule has 1 saturated heterocycles. The molecule has 4 nitrogen and oxygen atoms in total. The first kappa shape index (κ1) is 25.2. The number of nitrogens with one attached hydrogen (secondary N) is 3. The Hall–Kier alpha value is -0.810. The highest BCUT2D eigenvalue weighted by molar-refractivity contribution is 5.85. The predicted octanol–water partition coefficient (Wildman–Crippen LogP) is 4.39. The van der Waals surface area contributed by atoms with Crippen LogP contribution in [0.3, 0.4) is 0 Å². The van der Waals surface area contributed by atoms with Gasteiger partial charge in [0.1, 0.15) is 0 Å². The number of hydrogen-bond acceptors (Lipinski definition) is 3. The molecule has 1 heterocycles. The Balaban J connectivity index is 0.00000196. The van der Waals surface area contributed by atoms with Gasteiger partial charge in [-0.3, -0.25) is 4.79 Å². The van der Waals surface area contributed by atoms with Gasteiger partial charge in [-0.15, -0.1) is 24.8 Å². The molecule has 1 aliphatic heterocycles. The smallest absolute Gasteiger partial charge is 0.220 e. The van der Waals surface area contributed by atoms with E-state index in [0.717, 1.165) is 44.8 Å². The van der Waals surface area contributed by atoms with E-state index in [0.29, 0.717) is 12.5 Å². The van der Waals surface area contributed by atoms with Crippen LogP contribution in [0.25, 0.3) is 0 Å². The summed E-state index contributed by atoms with van der Waals surface area (Å²) in [5.41, 5.74) is 1.37. The summed E-state index contributed by atoms with van der Waals surface area (Å²) in [5.74, 6) is 0.947. The summed E-state index contributed by atoms with van der Waals surface area (Å²) in [5, 5.41) is 10.5. The highest BCUT2D eigenvalue weighted by Gasteiger charge is 2.35. The Morgan fingerprint density at radius 3 is 2.43 bits per heavy atom. The Kier molecular flexibility index (Phi) is 11.4. The zero-order valence-corrected chi connectivity index (χ0v) is 18.7. The molecule has 1 saturated carbocycles. The third-order valence-electron chi connectivity index (χ3n) is 6.25. The molecule has 0 radical (unpaired) electrons. The first-order valence-electron chi connectivity index (χ1n) is 10.5. The van der Waals surface area contributed by atoms with Gasteiger partial charge in [0.25, 0.3) is 0 Å². The zero-order chi connectivity index (χ0) is 18.2. The molecule has 1 aliphatic carbocycles. The molecule has 0 aromatic heterocycles. The second kappa shape index (κ2) is 12.7. The second-order valence-electron chi connectivity index (χ2n) is 8.27. The van der Waals surface area contributed by atoms with E-state index >= 15 is 0 Å². The van der Waals surface area contributed by atoms with E-state index in [-0.39, 0.29) is 36.3 Å². The molecule has 2 fully saturated rings. The standard InChI is InChI=1S/C22H35N3O.2ClH/c1-18(20-7-3-2-4-8-20)25-22(13-5-6-14-22)17-24-21(26)10-9-19-11-15-23-16-12-19;;/h2-4,7-8,18-19,23,25H,5-6,9-17H2,1H3,(H,24,26);2*1H. The van der Waals surface area contributed by atoms with Gasteiger partial charge in [-0.2, -0.15) is 0 Å². The van der Waals surface area contributed by atoms with Gasteiger partial charge in [-0.05, 0) is 63.6 Å². The Morgan fingerprint density at radius 1 is 1.14 bits per heavy atom. The summed E-state index contributed by atoms with van der Waals surface area (Å²) in [4.78, 5) is 12.4. The number of benzene rings is 1. The summed E-state index contributed by atoms with van der Waals surface area (Å²) in [6.07, 6.45) is 8.94. The van der Waals surface area contributed by atoms with Gasteiger partial charge < -0.3 is 16.0 Å². The number of piperidine rings is 1. The molecule has 3 N–H and O–H groups in total. The molecule has 0 spiro atoms. The number of amides is 1. The maximum Gasteiger partial charge on any atom is 0.220 e. The van der Waals surface area contributed by atoms with Gasteiger partial charge in [-0.25, -0.2) is 0 Å². The lowest BCUT2D eigenvalue weighted by atomic mass is 9.92. The highest BCUT2D eigenvalue weighted by Crippen LogP contribution is 2.32. The van der Waals surface area contributed by atoms with E-state index in [4.69, 9.17) is 0 Å². The molecule has 28 heavy (non-hydrogen) atoms. The van der Waals surface area contributed by atoms with Crippen LogP contribution in [-0.4, -0.2) is 31.1 Å². The topological polar surface area (TPSA) is 53.2 Å². The SMILES string of the molecule is CC(NC1(CNC(=O)CCC2CCNCC2)CCCC1)c1ccccc1.Cl.Cl. The van der Waals surface area contributed by atoms with Crippen molar-refractivity contribution in [1.29, 1.82) is 0 Å². The van der Waals surface area contributed by atoms with Crippen LogP contribution >= 0.6 is 24.8 Å². The molecule has 1 amide bonds. The van der Waals surface area contributed by atoms with Crippen LogP contribution in [-0.2, 0) is 4.79 Å². The Morgan fingerprint density at radius 2 is 1.79 bits per heavy atom. The van der Waals surface area contributed by atoms with Crippen molar-refractivity contribution in [3.05, 3.63) is 35.9 Å². The predicted molar refractivity (Wildman–Crippen MR) is 122 cm³/mol. The van der Waals surface area contributed by atoms with E-state index in [1.54, 1.807) is 0 Å². The molecular weight excluding hydrogens is 393 g/mol. The minimum atomic E-state index is 0. The minimum Gasteiger partial charge on any atom is -0.354 e. The lowest BCUT2D eigenvalue weighted by Gasteiger charge is -2.34. The van der Waals surface area contributed by atoms with Crippen LogP contribution in [0.4, 0.5) is 0 Å². The molecule has 3 rings (SSSR count). The third kappa shape index (κ3) is 7.55. The van der Waals surface area contributed by atoms with Crippen LogP contribution in [0.15, 0.2) is 30.3 Å². The third-order valence-corrected chi connectivity index (χ3v) is 6.25. The fraction of sp³-hybridized carbons (Fsp3) is 0.682. The summed E-state index contributed by atoms with van der Waals surface area (Å²) in [7, 11) is 0. The maximum atomic E-state index is 12.4. The molecule has 1 aromatic carbocycles. The van der Waals surface area contributed by atoms with Crippen LogP contribution in [0, 0.1) is 5.92 Å². The maximum absolute atomic E-state index is 12.4. The number of rotatable bonds is 8. The quantitative estimate of drug-likeness (QED) is 0.574. The van der Waals surface area contributed by atoms with E-state index in [2.05, 4.69) is 53.2 Å². The van der Waals surface area contributed by atoms with Gasteiger partial charge >= 0.3 is 0 Å². The molecule has 1 aromatic rings. The van der Waals surface area contributed by atoms with E-state index in [1.807, 2.05) is 0 Å². The Bertz CT molecular complexity index is 558. The lowest BCUT2D eigenvalue weighted by Crippen LogP contribution is -2.52. The normalized spacial score (nSPS) is 19.9. The number of hydrogen-bond donors (Lipinski definition) is 3. The van der Waals surface area contributed by atoms with Crippen LogP contribution < -0.4 is 16.0 Å². The van der Waals surface area contributed by atoms with Gasteiger partial charge in [0, 0.05) is 24.5 Å². The molecule has 0 bridgehead atoms. The highest BCUT2D eigenvalue weighted by atomic mass is 35.5. The minimum absolute atomic E-state index is 0. The van der Waals surface area contributed by atoms with Crippen molar-refractivity contribution in [1.82, 2.24) is 16.0 Å². The van der Waals surface area contributed by atoms with Crippen LogP contribution in [0.2, 0.25) is 0 Å².